The number of hydrogen-bond acceptors (Lipinski definition) is 3. The summed E-state index contributed by atoms with van der Waals surface area (Å²) >= 11 is 5.71. The van der Waals surface area contributed by atoms with Gasteiger partial charge >= 0.3 is 0 Å². The SMILES string of the molecule is CCOC(c1nc(C)c(F)c(Cl)n1)C1CC1. The van der Waals surface area contributed by atoms with E-state index in [1.807, 2.05) is 6.92 Å². The Morgan fingerprint density at radius 2 is 2.19 bits per heavy atom. The third-order valence-corrected chi connectivity index (χ3v) is 2.90. The van der Waals surface area contributed by atoms with Gasteiger partial charge in [0.2, 0.25) is 0 Å². The molecule has 1 atom stereocenters. The van der Waals surface area contributed by atoms with Gasteiger partial charge in [0, 0.05) is 6.61 Å². The maximum absolute atomic E-state index is 13.3. The van der Waals surface area contributed by atoms with Crippen LogP contribution in [0.3, 0.4) is 0 Å². The van der Waals surface area contributed by atoms with Gasteiger partial charge in [0.05, 0.1) is 5.69 Å². The molecule has 1 fully saturated rings. The topological polar surface area (TPSA) is 35.0 Å². The van der Waals surface area contributed by atoms with E-state index < -0.39 is 5.82 Å². The van der Waals surface area contributed by atoms with Crippen LogP contribution in [-0.2, 0) is 4.74 Å². The summed E-state index contributed by atoms with van der Waals surface area (Å²) in [5.74, 6) is 0.422. The summed E-state index contributed by atoms with van der Waals surface area (Å²) in [6, 6.07) is 0. The van der Waals surface area contributed by atoms with Crippen LogP contribution in [0.15, 0.2) is 0 Å². The Bertz CT molecular complexity index is 373. The molecule has 0 N–H and O–H groups in total. The monoisotopic (exact) mass is 244 g/mol. The molecular formula is C11H14ClFN2O. The van der Waals surface area contributed by atoms with Crippen LogP contribution in [0.2, 0.25) is 5.15 Å². The maximum Gasteiger partial charge on any atom is 0.181 e. The van der Waals surface area contributed by atoms with Crippen molar-refractivity contribution >= 4 is 11.6 Å². The van der Waals surface area contributed by atoms with Crippen molar-refractivity contribution in [1.29, 1.82) is 0 Å². The predicted molar refractivity (Wildman–Crippen MR) is 58.8 cm³/mol. The summed E-state index contributed by atoms with van der Waals surface area (Å²) in [6.07, 6.45) is 2.09. The zero-order chi connectivity index (χ0) is 11.7. The van der Waals surface area contributed by atoms with E-state index in [4.69, 9.17) is 16.3 Å². The Kier molecular flexibility index (Phi) is 3.40. The van der Waals surface area contributed by atoms with Gasteiger partial charge in [-0.2, -0.15) is 0 Å². The van der Waals surface area contributed by atoms with Crippen molar-refractivity contribution in [1.82, 2.24) is 9.97 Å². The first kappa shape index (κ1) is 11.7. The zero-order valence-electron chi connectivity index (χ0n) is 9.33. The normalized spacial score (nSPS) is 17.5. The summed E-state index contributed by atoms with van der Waals surface area (Å²) in [5.41, 5.74) is 0.278. The van der Waals surface area contributed by atoms with Crippen LogP contribution < -0.4 is 0 Å². The van der Waals surface area contributed by atoms with Crippen LogP contribution in [0, 0.1) is 18.7 Å². The summed E-state index contributed by atoms with van der Waals surface area (Å²) in [4.78, 5) is 8.09. The molecule has 0 saturated heterocycles. The molecule has 2 rings (SSSR count). The first-order valence-electron chi connectivity index (χ1n) is 5.44. The molecule has 3 nitrogen and oxygen atoms in total. The Hall–Kier alpha value is -0.740. The molecule has 5 heteroatoms. The van der Waals surface area contributed by atoms with Crippen molar-refractivity contribution in [2.75, 3.05) is 6.61 Å². The molecule has 1 unspecified atom stereocenters. The van der Waals surface area contributed by atoms with Gasteiger partial charge in [-0.1, -0.05) is 11.6 Å². The van der Waals surface area contributed by atoms with E-state index in [1.54, 1.807) is 6.92 Å². The molecule has 0 aliphatic heterocycles. The highest BCUT2D eigenvalue weighted by Crippen LogP contribution is 2.42. The average molecular weight is 245 g/mol. The molecule has 1 aliphatic carbocycles. The molecule has 0 bridgehead atoms. The smallest absolute Gasteiger partial charge is 0.181 e. The lowest BCUT2D eigenvalue weighted by molar-refractivity contribution is 0.0397. The quantitative estimate of drug-likeness (QED) is 0.764. The minimum Gasteiger partial charge on any atom is -0.370 e. The van der Waals surface area contributed by atoms with E-state index in [2.05, 4.69) is 9.97 Å². The molecule has 1 heterocycles. The van der Waals surface area contributed by atoms with Crippen LogP contribution in [0.25, 0.3) is 0 Å². The zero-order valence-corrected chi connectivity index (χ0v) is 10.1. The van der Waals surface area contributed by atoms with Crippen molar-refractivity contribution in [2.24, 2.45) is 5.92 Å². The Balaban J connectivity index is 2.30. The van der Waals surface area contributed by atoms with Gasteiger partial charge in [-0.15, -0.1) is 0 Å². The fraction of sp³-hybridized carbons (Fsp3) is 0.636. The Morgan fingerprint density at radius 3 is 2.69 bits per heavy atom. The van der Waals surface area contributed by atoms with Crippen LogP contribution in [0.1, 0.15) is 37.4 Å². The molecule has 1 aliphatic rings. The summed E-state index contributed by atoms with van der Waals surface area (Å²) < 4.78 is 18.9. The standard InChI is InChI=1S/C11H14ClFN2O/c1-3-16-9(7-4-5-7)11-14-6(2)8(13)10(12)15-11/h7,9H,3-5H2,1-2H3. The Labute approximate surface area is 99.0 Å². The van der Waals surface area contributed by atoms with Gasteiger partial charge in [-0.25, -0.2) is 14.4 Å². The number of hydrogen-bond donors (Lipinski definition) is 0. The fourth-order valence-electron chi connectivity index (χ4n) is 1.67. The molecule has 0 spiro atoms. The largest absolute Gasteiger partial charge is 0.370 e. The van der Waals surface area contributed by atoms with E-state index in [9.17, 15) is 4.39 Å². The van der Waals surface area contributed by atoms with Gasteiger partial charge in [0.25, 0.3) is 0 Å². The molecule has 88 valence electrons. The highest BCUT2D eigenvalue weighted by molar-refractivity contribution is 6.29. The highest BCUT2D eigenvalue weighted by Gasteiger charge is 2.35. The van der Waals surface area contributed by atoms with Gasteiger partial charge in [-0.3, -0.25) is 0 Å². The van der Waals surface area contributed by atoms with Crippen molar-refractivity contribution in [3.05, 3.63) is 22.5 Å². The lowest BCUT2D eigenvalue weighted by Gasteiger charge is -2.15. The van der Waals surface area contributed by atoms with E-state index >= 15 is 0 Å². The van der Waals surface area contributed by atoms with Crippen molar-refractivity contribution in [3.8, 4) is 0 Å². The van der Waals surface area contributed by atoms with Gasteiger partial charge in [-0.05, 0) is 32.6 Å². The van der Waals surface area contributed by atoms with Crippen molar-refractivity contribution in [2.45, 2.75) is 32.8 Å². The van der Waals surface area contributed by atoms with Crippen molar-refractivity contribution < 1.29 is 9.13 Å². The Morgan fingerprint density at radius 1 is 1.50 bits per heavy atom. The lowest BCUT2D eigenvalue weighted by Crippen LogP contribution is -2.12. The number of halogens is 2. The summed E-state index contributed by atoms with van der Waals surface area (Å²) in [5, 5.41) is -0.118. The third kappa shape index (κ3) is 2.33. The molecular weight excluding hydrogens is 231 g/mol. The molecule has 1 saturated carbocycles. The molecule has 0 aromatic carbocycles. The highest BCUT2D eigenvalue weighted by atomic mass is 35.5. The van der Waals surface area contributed by atoms with E-state index in [-0.39, 0.29) is 17.0 Å². The minimum absolute atomic E-state index is 0.118. The number of aromatic nitrogens is 2. The van der Waals surface area contributed by atoms with Crippen molar-refractivity contribution in [3.63, 3.8) is 0 Å². The number of aryl methyl sites for hydroxylation is 1. The molecule has 1 aromatic rings. The minimum atomic E-state index is -0.545. The second kappa shape index (κ2) is 4.63. The molecule has 1 aromatic heterocycles. The third-order valence-electron chi connectivity index (χ3n) is 2.64. The molecule has 16 heavy (non-hydrogen) atoms. The summed E-state index contributed by atoms with van der Waals surface area (Å²) in [6.45, 7) is 4.11. The van der Waals surface area contributed by atoms with E-state index in [0.717, 1.165) is 12.8 Å². The van der Waals surface area contributed by atoms with Crippen LogP contribution in [0.4, 0.5) is 4.39 Å². The number of rotatable bonds is 4. The second-order valence-corrected chi connectivity index (χ2v) is 4.34. The molecule has 0 radical (unpaired) electrons. The van der Waals surface area contributed by atoms with Gasteiger partial charge in [0.15, 0.2) is 16.8 Å². The van der Waals surface area contributed by atoms with E-state index in [1.165, 1.54) is 0 Å². The van der Waals surface area contributed by atoms with Gasteiger partial charge < -0.3 is 4.74 Å². The number of nitrogens with zero attached hydrogens (tertiary/aromatic N) is 2. The van der Waals surface area contributed by atoms with E-state index in [0.29, 0.717) is 18.3 Å². The van der Waals surface area contributed by atoms with Crippen LogP contribution in [-0.4, -0.2) is 16.6 Å². The second-order valence-electron chi connectivity index (χ2n) is 3.99. The maximum atomic E-state index is 13.3. The average Bonchev–Trinajstić information content (AvgIpc) is 3.05. The van der Waals surface area contributed by atoms with Crippen LogP contribution in [0.5, 0.6) is 0 Å². The molecule has 0 amide bonds. The first-order valence-corrected chi connectivity index (χ1v) is 5.82. The predicted octanol–water partition coefficient (Wildman–Crippen LogP) is 3.07. The van der Waals surface area contributed by atoms with Gasteiger partial charge in [0.1, 0.15) is 6.10 Å². The summed E-state index contributed by atoms with van der Waals surface area (Å²) in [7, 11) is 0. The first-order chi connectivity index (χ1) is 7.63. The fourth-order valence-corrected chi connectivity index (χ4v) is 1.90. The van der Waals surface area contributed by atoms with Crippen LogP contribution >= 0.6 is 11.6 Å². The lowest BCUT2D eigenvalue weighted by atomic mass is 10.2. The number of ether oxygens (including phenoxy) is 1.